The zero-order valence-corrected chi connectivity index (χ0v) is 14.4. The van der Waals surface area contributed by atoms with Gasteiger partial charge in [0.25, 0.3) is 11.6 Å². The number of non-ortho nitro benzene ring substituents is 1. The number of carbonyl (C=O) groups excluding carboxylic acids is 1. The molecule has 0 radical (unpaired) electrons. The number of halogens is 1. The molecule has 3 aromatic rings. The van der Waals surface area contributed by atoms with E-state index in [0.717, 1.165) is 5.56 Å². The van der Waals surface area contributed by atoms with Crippen molar-refractivity contribution in [2.24, 2.45) is 0 Å². The van der Waals surface area contributed by atoms with Gasteiger partial charge in [0.05, 0.1) is 22.4 Å². The van der Waals surface area contributed by atoms with E-state index in [4.69, 9.17) is 11.6 Å². The fourth-order valence-corrected chi connectivity index (χ4v) is 2.51. The Balaban J connectivity index is 1.59. The molecule has 0 fully saturated rings. The van der Waals surface area contributed by atoms with Crippen molar-refractivity contribution in [1.29, 1.82) is 0 Å². The summed E-state index contributed by atoms with van der Waals surface area (Å²) in [6, 6.07) is 13.4. The van der Waals surface area contributed by atoms with Crippen LogP contribution in [0.1, 0.15) is 15.9 Å². The average molecular weight is 371 g/mol. The summed E-state index contributed by atoms with van der Waals surface area (Å²) in [6.45, 7) is 0.489. The zero-order valence-electron chi connectivity index (χ0n) is 13.6. The minimum atomic E-state index is -0.466. The van der Waals surface area contributed by atoms with Crippen LogP contribution in [0.4, 0.5) is 5.69 Å². The Labute approximate surface area is 154 Å². The van der Waals surface area contributed by atoms with Crippen LogP contribution in [0.2, 0.25) is 5.02 Å². The SMILES string of the molecule is O=C(NCCc1ccc(Cl)cc1)c1cnn(-c2ccc([N+](=O)[O-])cc2)c1. The third-order valence-corrected chi connectivity index (χ3v) is 4.03. The molecular formula is C18H15ClN4O3. The van der Waals surface area contributed by atoms with Crippen molar-refractivity contribution in [1.82, 2.24) is 15.1 Å². The van der Waals surface area contributed by atoms with Gasteiger partial charge in [0.2, 0.25) is 0 Å². The molecule has 0 saturated carbocycles. The molecule has 0 saturated heterocycles. The first-order valence-electron chi connectivity index (χ1n) is 7.85. The Hall–Kier alpha value is -3.19. The lowest BCUT2D eigenvalue weighted by Gasteiger charge is -2.04. The van der Waals surface area contributed by atoms with Crippen LogP contribution in [0.25, 0.3) is 5.69 Å². The Bertz CT molecular complexity index is 920. The van der Waals surface area contributed by atoms with Gasteiger partial charge in [-0.05, 0) is 36.2 Å². The number of nitrogens with one attached hydrogen (secondary N) is 1. The van der Waals surface area contributed by atoms with Crippen molar-refractivity contribution < 1.29 is 9.72 Å². The number of hydrogen-bond acceptors (Lipinski definition) is 4. The van der Waals surface area contributed by atoms with Crippen LogP contribution in [0.3, 0.4) is 0 Å². The fourth-order valence-electron chi connectivity index (χ4n) is 2.38. The molecule has 0 aliphatic rings. The Morgan fingerprint density at radius 1 is 1.15 bits per heavy atom. The van der Waals surface area contributed by atoms with E-state index in [1.54, 1.807) is 18.3 Å². The number of rotatable bonds is 6. The highest BCUT2D eigenvalue weighted by Crippen LogP contribution is 2.15. The molecule has 26 heavy (non-hydrogen) atoms. The summed E-state index contributed by atoms with van der Waals surface area (Å²) < 4.78 is 1.50. The van der Waals surface area contributed by atoms with Gasteiger partial charge >= 0.3 is 0 Å². The van der Waals surface area contributed by atoms with Gasteiger partial charge in [-0.25, -0.2) is 4.68 Å². The van der Waals surface area contributed by atoms with Gasteiger partial charge < -0.3 is 5.32 Å². The van der Waals surface area contributed by atoms with E-state index in [2.05, 4.69) is 10.4 Å². The zero-order chi connectivity index (χ0) is 18.5. The smallest absolute Gasteiger partial charge is 0.269 e. The predicted molar refractivity (Wildman–Crippen MR) is 97.7 cm³/mol. The molecule has 8 heteroatoms. The van der Waals surface area contributed by atoms with Gasteiger partial charge in [0, 0.05) is 29.9 Å². The van der Waals surface area contributed by atoms with E-state index in [-0.39, 0.29) is 11.6 Å². The summed E-state index contributed by atoms with van der Waals surface area (Å²) in [5, 5.41) is 18.3. The summed E-state index contributed by atoms with van der Waals surface area (Å²) >= 11 is 5.84. The third kappa shape index (κ3) is 4.25. The second-order valence-corrected chi connectivity index (χ2v) is 6.02. The molecular weight excluding hydrogens is 356 g/mol. The fraction of sp³-hybridized carbons (Fsp3) is 0.111. The summed E-state index contributed by atoms with van der Waals surface area (Å²) in [6.07, 6.45) is 3.73. The van der Waals surface area contributed by atoms with Gasteiger partial charge in [-0.2, -0.15) is 5.10 Å². The van der Waals surface area contributed by atoms with Crippen molar-refractivity contribution >= 4 is 23.2 Å². The molecule has 0 spiro atoms. The molecule has 1 heterocycles. The molecule has 0 aliphatic heterocycles. The topological polar surface area (TPSA) is 90.1 Å². The van der Waals surface area contributed by atoms with Crippen LogP contribution in [0, 0.1) is 10.1 Å². The normalized spacial score (nSPS) is 10.5. The molecule has 0 aliphatic carbocycles. The largest absolute Gasteiger partial charge is 0.352 e. The van der Waals surface area contributed by atoms with E-state index < -0.39 is 4.92 Å². The van der Waals surface area contributed by atoms with Gasteiger partial charge in [0.15, 0.2) is 0 Å². The lowest BCUT2D eigenvalue weighted by atomic mass is 10.1. The maximum atomic E-state index is 12.2. The molecule has 1 amide bonds. The molecule has 7 nitrogen and oxygen atoms in total. The highest BCUT2D eigenvalue weighted by molar-refractivity contribution is 6.30. The second-order valence-electron chi connectivity index (χ2n) is 5.58. The lowest BCUT2D eigenvalue weighted by Crippen LogP contribution is -2.25. The Kier molecular flexibility index (Phi) is 5.28. The standard InChI is InChI=1S/C18H15ClN4O3/c19-15-3-1-13(2-4-15)9-10-20-18(24)14-11-21-22(12-14)16-5-7-17(8-6-16)23(25)26/h1-8,11-12H,9-10H2,(H,20,24). The number of aromatic nitrogens is 2. The highest BCUT2D eigenvalue weighted by atomic mass is 35.5. The monoisotopic (exact) mass is 370 g/mol. The molecule has 0 bridgehead atoms. The van der Waals surface area contributed by atoms with Crippen molar-refractivity contribution in [2.45, 2.75) is 6.42 Å². The van der Waals surface area contributed by atoms with Gasteiger partial charge in [-0.15, -0.1) is 0 Å². The Morgan fingerprint density at radius 2 is 1.85 bits per heavy atom. The second kappa shape index (κ2) is 7.79. The molecule has 132 valence electrons. The number of nitro benzene ring substituents is 1. The number of benzene rings is 2. The number of hydrogen-bond donors (Lipinski definition) is 1. The molecule has 1 N–H and O–H groups in total. The highest BCUT2D eigenvalue weighted by Gasteiger charge is 2.10. The summed E-state index contributed by atoms with van der Waals surface area (Å²) in [5.74, 6) is -0.230. The van der Waals surface area contributed by atoms with E-state index in [9.17, 15) is 14.9 Å². The number of nitro groups is 1. The van der Waals surface area contributed by atoms with E-state index in [1.807, 2.05) is 24.3 Å². The predicted octanol–water partition coefficient (Wildman–Crippen LogP) is 3.41. The van der Waals surface area contributed by atoms with Crippen LogP contribution in [-0.4, -0.2) is 27.2 Å². The van der Waals surface area contributed by atoms with Gasteiger partial charge in [-0.1, -0.05) is 23.7 Å². The van der Waals surface area contributed by atoms with Crippen LogP contribution < -0.4 is 5.32 Å². The minimum absolute atomic E-state index is 0.000993. The van der Waals surface area contributed by atoms with Crippen LogP contribution >= 0.6 is 11.6 Å². The van der Waals surface area contributed by atoms with E-state index >= 15 is 0 Å². The summed E-state index contributed by atoms with van der Waals surface area (Å²) in [4.78, 5) is 22.4. The number of nitrogens with zero attached hydrogens (tertiary/aromatic N) is 3. The number of amides is 1. The minimum Gasteiger partial charge on any atom is -0.352 e. The van der Waals surface area contributed by atoms with Crippen LogP contribution in [-0.2, 0) is 6.42 Å². The van der Waals surface area contributed by atoms with Gasteiger partial charge in [-0.3, -0.25) is 14.9 Å². The van der Waals surface area contributed by atoms with Gasteiger partial charge in [0.1, 0.15) is 0 Å². The molecule has 0 unspecified atom stereocenters. The van der Waals surface area contributed by atoms with Crippen molar-refractivity contribution in [3.8, 4) is 5.69 Å². The first-order chi connectivity index (χ1) is 12.5. The number of carbonyl (C=O) groups is 1. The summed E-state index contributed by atoms with van der Waals surface area (Å²) in [7, 11) is 0. The summed E-state index contributed by atoms with van der Waals surface area (Å²) in [5.41, 5.74) is 2.13. The molecule has 3 rings (SSSR count). The maximum Gasteiger partial charge on any atom is 0.269 e. The average Bonchev–Trinajstić information content (AvgIpc) is 3.13. The van der Waals surface area contributed by atoms with E-state index in [1.165, 1.54) is 23.0 Å². The van der Waals surface area contributed by atoms with Crippen LogP contribution in [0.15, 0.2) is 60.9 Å². The van der Waals surface area contributed by atoms with Crippen molar-refractivity contribution in [3.05, 3.63) is 87.2 Å². The Morgan fingerprint density at radius 3 is 2.50 bits per heavy atom. The van der Waals surface area contributed by atoms with Crippen molar-refractivity contribution in [3.63, 3.8) is 0 Å². The lowest BCUT2D eigenvalue weighted by molar-refractivity contribution is -0.384. The first kappa shape index (κ1) is 17.6. The molecule has 2 aromatic carbocycles. The van der Waals surface area contributed by atoms with Crippen molar-refractivity contribution in [2.75, 3.05) is 6.54 Å². The molecule has 1 aromatic heterocycles. The van der Waals surface area contributed by atoms with Crippen LogP contribution in [0.5, 0.6) is 0 Å². The third-order valence-electron chi connectivity index (χ3n) is 3.78. The first-order valence-corrected chi connectivity index (χ1v) is 8.23. The quantitative estimate of drug-likeness (QED) is 0.531. The maximum absolute atomic E-state index is 12.2. The van der Waals surface area contributed by atoms with E-state index in [0.29, 0.717) is 29.2 Å². The molecule has 0 atom stereocenters.